The molecule has 6 heteroatoms. The average molecular weight is 242 g/mol. The van der Waals surface area contributed by atoms with Crippen molar-refractivity contribution in [3.63, 3.8) is 0 Å². The third-order valence-corrected chi connectivity index (χ3v) is 2.27. The van der Waals surface area contributed by atoms with Gasteiger partial charge in [0.1, 0.15) is 0 Å². The fourth-order valence-electron chi connectivity index (χ4n) is 0.952. The van der Waals surface area contributed by atoms with Crippen LogP contribution < -0.4 is 5.32 Å². The van der Waals surface area contributed by atoms with Crippen LogP contribution in [0.25, 0.3) is 0 Å². The van der Waals surface area contributed by atoms with Crippen molar-refractivity contribution in [3.05, 3.63) is 41.7 Å². The van der Waals surface area contributed by atoms with Gasteiger partial charge in [0.2, 0.25) is 0 Å². The molecule has 0 bridgehead atoms. The fourth-order valence-corrected chi connectivity index (χ4v) is 1.48. The molecule has 0 aliphatic heterocycles. The van der Waals surface area contributed by atoms with Gasteiger partial charge in [-0.15, -0.1) is 23.7 Å². The van der Waals surface area contributed by atoms with Crippen LogP contribution in [0, 0.1) is 0 Å². The summed E-state index contributed by atoms with van der Waals surface area (Å²) in [6, 6.07) is 3.42. The van der Waals surface area contributed by atoms with E-state index in [-0.39, 0.29) is 18.3 Å². The van der Waals surface area contributed by atoms with Crippen molar-refractivity contribution in [1.82, 2.24) is 9.97 Å². The maximum Gasteiger partial charge on any atom is 0.259 e. The maximum atomic E-state index is 11.5. The summed E-state index contributed by atoms with van der Waals surface area (Å²) in [5, 5.41) is 5.07. The number of aromatic nitrogens is 2. The number of nitrogens with one attached hydrogen (secondary N) is 1. The molecule has 78 valence electrons. The van der Waals surface area contributed by atoms with Crippen LogP contribution in [0.3, 0.4) is 0 Å². The molecule has 0 fully saturated rings. The summed E-state index contributed by atoms with van der Waals surface area (Å²) in [5.74, 6) is -0.187. The number of rotatable bonds is 2. The smallest absolute Gasteiger partial charge is 0.259 e. The summed E-state index contributed by atoms with van der Waals surface area (Å²) in [5.41, 5.74) is 0.530. The van der Waals surface area contributed by atoms with Crippen molar-refractivity contribution in [2.45, 2.75) is 0 Å². The number of nitrogens with zero attached hydrogens (tertiary/aromatic N) is 2. The number of halogens is 1. The van der Waals surface area contributed by atoms with E-state index in [1.165, 1.54) is 17.5 Å². The van der Waals surface area contributed by atoms with E-state index in [1.54, 1.807) is 29.9 Å². The van der Waals surface area contributed by atoms with Crippen molar-refractivity contribution in [2.24, 2.45) is 0 Å². The fraction of sp³-hybridized carbons (Fsp3) is 0. The van der Waals surface area contributed by atoms with E-state index < -0.39 is 0 Å². The molecule has 0 unspecified atom stereocenters. The number of pyridine rings is 1. The lowest BCUT2D eigenvalue weighted by Gasteiger charge is -1.99. The van der Waals surface area contributed by atoms with Gasteiger partial charge in [-0.1, -0.05) is 0 Å². The largest absolute Gasteiger partial charge is 0.298 e. The average Bonchev–Trinajstić information content (AvgIpc) is 2.72. The minimum atomic E-state index is -0.187. The SMILES string of the molecule is Cl.O=C(Nc1nccs1)c1cccnc1. The van der Waals surface area contributed by atoms with Crippen LogP contribution in [0.2, 0.25) is 0 Å². The van der Waals surface area contributed by atoms with Crippen molar-refractivity contribution in [2.75, 3.05) is 5.32 Å². The molecule has 1 amide bonds. The highest BCUT2D eigenvalue weighted by atomic mass is 35.5. The molecule has 2 rings (SSSR count). The summed E-state index contributed by atoms with van der Waals surface area (Å²) < 4.78 is 0. The molecular weight excluding hydrogens is 234 g/mol. The van der Waals surface area contributed by atoms with Gasteiger partial charge in [-0.2, -0.15) is 0 Å². The van der Waals surface area contributed by atoms with Gasteiger partial charge >= 0.3 is 0 Å². The van der Waals surface area contributed by atoms with E-state index in [2.05, 4.69) is 15.3 Å². The number of thiazole rings is 1. The number of hydrogen-bond acceptors (Lipinski definition) is 4. The third kappa shape index (κ3) is 3.00. The Morgan fingerprint density at radius 2 is 2.27 bits per heavy atom. The molecule has 4 nitrogen and oxygen atoms in total. The quantitative estimate of drug-likeness (QED) is 0.877. The summed E-state index contributed by atoms with van der Waals surface area (Å²) in [7, 11) is 0. The third-order valence-electron chi connectivity index (χ3n) is 1.58. The number of anilines is 1. The monoisotopic (exact) mass is 241 g/mol. The van der Waals surface area contributed by atoms with Crippen molar-refractivity contribution in [1.29, 1.82) is 0 Å². The molecule has 0 radical (unpaired) electrons. The lowest BCUT2D eigenvalue weighted by atomic mass is 10.3. The van der Waals surface area contributed by atoms with Crippen molar-refractivity contribution >= 4 is 34.8 Å². The summed E-state index contributed by atoms with van der Waals surface area (Å²) in [6.07, 6.45) is 4.78. The van der Waals surface area contributed by atoms with Gasteiger partial charge in [0.25, 0.3) is 5.91 Å². The van der Waals surface area contributed by atoms with Gasteiger partial charge in [-0.25, -0.2) is 4.98 Å². The molecule has 0 aliphatic rings. The predicted octanol–water partition coefficient (Wildman–Crippen LogP) is 2.21. The molecule has 1 N–H and O–H groups in total. The van der Waals surface area contributed by atoms with Gasteiger partial charge in [0, 0.05) is 24.0 Å². The summed E-state index contributed by atoms with van der Waals surface area (Å²) in [6.45, 7) is 0. The van der Waals surface area contributed by atoms with Gasteiger partial charge in [0.15, 0.2) is 5.13 Å². The molecule has 2 aromatic rings. The summed E-state index contributed by atoms with van der Waals surface area (Å²) >= 11 is 1.38. The highest BCUT2D eigenvalue weighted by Gasteiger charge is 2.06. The zero-order valence-electron chi connectivity index (χ0n) is 7.58. The molecular formula is C9H8ClN3OS. The van der Waals surface area contributed by atoms with Gasteiger partial charge < -0.3 is 0 Å². The Hall–Kier alpha value is -1.46. The first-order valence-corrected chi connectivity index (χ1v) is 4.85. The van der Waals surface area contributed by atoms with E-state index in [4.69, 9.17) is 0 Å². The minimum absolute atomic E-state index is 0. The normalized spacial score (nSPS) is 9.07. The van der Waals surface area contributed by atoms with E-state index in [0.29, 0.717) is 10.7 Å². The molecule has 15 heavy (non-hydrogen) atoms. The van der Waals surface area contributed by atoms with Crippen LogP contribution in [0.15, 0.2) is 36.1 Å². The molecule has 0 saturated heterocycles. The van der Waals surface area contributed by atoms with Crippen LogP contribution in [0.1, 0.15) is 10.4 Å². The molecule has 0 aromatic carbocycles. The second kappa shape index (κ2) is 5.43. The first-order chi connectivity index (χ1) is 6.86. The van der Waals surface area contributed by atoms with E-state index in [0.717, 1.165) is 0 Å². The van der Waals surface area contributed by atoms with Crippen molar-refractivity contribution in [3.8, 4) is 0 Å². The van der Waals surface area contributed by atoms with Crippen molar-refractivity contribution < 1.29 is 4.79 Å². The standard InChI is InChI=1S/C9H7N3OS.ClH/c13-8(7-2-1-3-10-6-7)12-9-11-4-5-14-9;/h1-6H,(H,11,12,13);1H. The van der Waals surface area contributed by atoms with Crippen LogP contribution in [-0.2, 0) is 0 Å². The molecule has 0 spiro atoms. The Balaban J connectivity index is 0.00000112. The molecule has 0 aliphatic carbocycles. The molecule has 0 atom stereocenters. The Kier molecular flexibility index (Phi) is 4.20. The number of carbonyl (C=O) groups is 1. The second-order valence-corrected chi connectivity index (χ2v) is 3.43. The van der Waals surface area contributed by atoms with E-state index in [9.17, 15) is 4.79 Å². The Morgan fingerprint density at radius 1 is 1.40 bits per heavy atom. The first-order valence-electron chi connectivity index (χ1n) is 3.97. The molecule has 2 heterocycles. The van der Waals surface area contributed by atoms with Gasteiger partial charge in [-0.3, -0.25) is 15.1 Å². The zero-order valence-corrected chi connectivity index (χ0v) is 9.22. The van der Waals surface area contributed by atoms with E-state index >= 15 is 0 Å². The van der Waals surface area contributed by atoms with Crippen LogP contribution in [0.4, 0.5) is 5.13 Å². The van der Waals surface area contributed by atoms with Crippen LogP contribution in [-0.4, -0.2) is 15.9 Å². The lowest BCUT2D eigenvalue weighted by molar-refractivity contribution is 0.102. The number of hydrogen-bond donors (Lipinski definition) is 1. The van der Waals surface area contributed by atoms with E-state index in [1.807, 2.05) is 0 Å². The first kappa shape index (κ1) is 11.6. The minimum Gasteiger partial charge on any atom is -0.298 e. The Labute approximate surface area is 96.8 Å². The Morgan fingerprint density at radius 3 is 2.87 bits per heavy atom. The topological polar surface area (TPSA) is 54.9 Å². The molecule has 0 saturated carbocycles. The van der Waals surface area contributed by atoms with Gasteiger partial charge in [-0.05, 0) is 12.1 Å². The number of amides is 1. The summed E-state index contributed by atoms with van der Waals surface area (Å²) in [4.78, 5) is 19.3. The highest BCUT2D eigenvalue weighted by Crippen LogP contribution is 2.11. The second-order valence-electron chi connectivity index (χ2n) is 2.53. The predicted molar refractivity (Wildman–Crippen MR) is 61.6 cm³/mol. The number of carbonyl (C=O) groups excluding carboxylic acids is 1. The van der Waals surface area contributed by atoms with Crippen LogP contribution in [0.5, 0.6) is 0 Å². The maximum absolute atomic E-state index is 11.5. The van der Waals surface area contributed by atoms with Crippen LogP contribution >= 0.6 is 23.7 Å². The van der Waals surface area contributed by atoms with Gasteiger partial charge in [0.05, 0.1) is 5.56 Å². The highest BCUT2D eigenvalue weighted by molar-refractivity contribution is 7.13. The Bertz CT molecular complexity index is 418. The zero-order chi connectivity index (χ0) is 9.80. The lowest BCUT2D eigenvalue weighted by Crippen LogP contribution is -2.11. The molecule has 2 aromatic heterocycles.